The molecule has 1 heterocycles. The zero-order valence-corrected chi connectivity index (χ0v) is 11.3. The molecule has 1 saturated heterocycles. The van der Waals surface area contributed by atoms with Crippen LogP contribution < -0.4 is 15.4 Å². The predicted molar refractivity (Wildman–Crippen MR) is 72.1 cm³/mol. The first-order chi connectivity index (χ1) is 8.52. The molecule has 1 aliphatic rings. The highest BCUT2D eigenvalue weighted by atomic mass is 32.2. The Morgan fingerprint density at radius 1 is 1.39 bits per heavy atom. The lowest BCUT2D eigenvalue weighted by atomic mass is 10.1. The third kappa shape index (κ3) is 2.82. The third-order valence-electron chi connectivity index (χ3n) is 3.34. The Morgan fingerprint density at radius 2 is 2.11 bits per heavy atom. The summed E-state index contributed by atoms with van der Waals surface area (Å²) >= 11 is 0. The molecule has 0 spiro atoms. The lowest BCUT2D eigenvalue weighted by Crippen LogP contribution is -2.45. The monoisotopic (exact) mass is 269 g/mol. The lowest BCUT2D eigenvalue weighted by Gasteiger charge is -2.35. The number of nitrogens with two attached hydrogens (primary N) is 1. The van der Waals surface area contributed by atoms with Crippen LogP contribution in [0.5, 0.6) is 0 Å². The van der Waals surface area contributed by atoms with Crippen LogP contribution >= 0.6 is 0 Å². The standard InChI is InChI=1S/C12H19N3O2S/c1-14-10-5-4-8-15(9-10)11-6-2-3-7-12(11)18(13,16)17/h2-3,6-7,10,14H,4-5,8-9H2,1H3,(H2,13,16,17). The van der Waals surface area contributed by atoms with Gasteiger partial charge in [0.2, 0.25) is 10.0 Å². The molecule has 1 aliphatic heterocycles. The van der Waals surface area contributed by atoms with Gasteiger partial charge in [0.15, 0.2) is 0 Å². The second-order valence-corrected chi connectivity index (χ2v) is 6.12. The van der Waals surface area contributed by atoms with E-state index < -0.39 is 10.0 Å². The summed E-state index contributed by atoms with van der Waals surface area (Å²) in [4.78, 5) is 2.30. The third-order valence-corrected chi connectivity index (χ3v) is 4.30. The summed E-state index contributed by atoms with van der Waals surface area (Å²) in [7, 11) is -1.74. The summed E-state index contributed by atoms with van der Waals surface area (Å²) in [5, 5.41) is 8.50. The molecule has 1 atom stereocenters. The van der Waals surface area contributed by atoms with Gasteiger partial charge in [-0.3, -0.25) is 0 Å². The largest absolute Gasteiger partial charge is 0.369 e. The minimum Gasteiger partial charge on any atom is -0.369 e. The van der Waals surface area contributed by atoms with E-state index in [0.717, 1.165) is 25.9 Å². The van der Waals surface area contributed by atoms with Crippen LogP contribution in [0.15, 0.2) is 29.2 Å². The fourth-order valence-corrected chi connectivity index (χ4v) is 3.15. The van der Waals surface area contributed by atoms with Crippen molar-refractivity contribution in [1.29, 1.82) is 0 Å². The summed E-state index contributed by atoms with van der Waals surface area (Å²) in [6, 6.07) is 7.31. The van der Waals surface area contributed by atoms with Gasteiger partial charge >= 0.3 is 0 Å². The summed E-state index contributed by atoms with van der Waals surface area (Å²) in [6.07, 6.45) is 2.16. The lowest BCUT2D eigenvalue weighted by molar-refractivity contribution is 0.448. The van der Waals surface area contributed by atoms with Gasteiger partial charge in [-0.2, -0.15) is 0 Å². The van der Waals surface area contributed by atoms with Crippen molar-refractivity contribution in [2.45, 2.75) is 23.8 Å². The molecule has 0 radical (unpaired) electrons. The summed E-state index contributed by atoms with van der Waals surface area (Å²) in [5.41, 5.74) is 0.708. The van der Waals surface area contributed by atoms with E-state index in [1.165, 1.54) is 0 Å². The molecule has 0 amide bonds. The van der Waals surface area contributed by atoms with Crippen molar-refractivity contribution in [2.75, 3.05) is 25.0 Å². The van der Waals surface area contributed by atoms with Crippen molar-refractivity contribution in [3.05, 3.63) is 24.3 Å². The first-order valence-corrected chi connectivity index (χ1v) is 7.61. The molecule has 18 heavy (non-hydrogen) atoms. The normalized spacial score (nSPS) is 21.0. The van der Waals surface area contributed by atoms with Crippen molar-refractivity contribution >= 4 is 15.7 Å². The number of nitrogens with zero attached hydrogens (tertiary/aromatic N) is 1. The smallest absolute Gasteiger partial charge is 0.240 e. The molecular formula is C12H19N3O2S. The molecule has 6 heteroatoms. The second kappa shape index (κ2) is 5.26. The minimum atomic E-state index is -3.67. The Morgan fingerprint density at radius 3 is 2.78 bits per heavy atom. The zero-order chi connectivity index (χ0) is 13.2. The van der Waals surface area contributed by atoms with Gasteiger partial charge < -0.3 is 10.2 Å². The van der Waals surface area contributed by atoms with Gasteiger partial charge in [0.25, 0.3) is 0 Å². The van der Waals surface area contributed by atoms with Crippen molar-refractivity contribution < 1.29 is 8.42 Å². The number of benzene rings is 1. The van der Waals surface area contributed by atoms with E-state index in [1.54, 1.807) is 12.1 Å². The maximum atomic E-state index is 11.6. The van der Waals surface area contributed by atoms with E-state index in [1.807, 2.05) is 19.2 Å². The average molecular weight is 269 g/mol. The van der Waals surface area contributed by atoms with Crippen LogP contribution in [-0.4, -0.2) is 34.6 Å². The molecular weight excluding hydrogens is 250 g/mol. The molecule has 0 saturated carbocycles. The number of likely N-dealkylation sites (N-methyl/N-ethyl adjacent to an activating group) is 1. The van der Waals surface area contributed by atoms with Gasteiger partial charge in [0, 0.05) is 19.1 Å². The number of hydrogen-bond donors (Lipinski definition) is 2. The Kier molecular flexibility index (Phi) is 3.89. The molecule has 0 aliphatic carbocycles. The van der Waals surface area contributed by atoms with E-state index in [4.69, 9.17) is 5.14 Å². The van der Waals surface area contributed by atoms with Gasteiger partial charge in [-0.1, -0.05) is 12.1 Å². The molecule has 0 bridgehead atoms. The number of para-hydroxylation sites is 1. The first-order valence-electron chi connectivity index (χ1n) is 6.06. The highest BCUT2D eigenvalue weighted by Gasteiger charge is 2.23. The van der Waals surface area contributed by atoms with E-state index in [0.29, 0.717) is 11.7 Å². The predicted octanol–water partition coefficient (Wildman–Crippen LogP) is 0.522. The molecule has 100 valence electrons. The highest BCUT2D eigenvalue weighted by Crippen LogP contribution is 2.26. The number of anilines is 1. The van der Waals surface area contributed by atoms with Gasteiger partial charge in [-0.25, -0.2) is 13.6 Å². The van der Waals surface area contributed by atoms with Crippen molar-refractivity contribution in [1.82, 2.24) is 5.32 Å². The van der Waals surface area contributed by atoms with E-state index in [-0.39, 0.29) is 4.90 Å². The SMILES string of the molecule is CNC1CCCN(c2ccccc2S(N)(=O)=O)C1. The summed E-state index contributed by atoms with van der Waals surface area (Å²) in [6.45, 7) is 1.67. The summed E-state index contributed by atoms with van der Waals surface area (Å²) < 4.78 is 23.2. The molecule has 3 N–H and O–H groups in total. The summed E-state index contributed by atoms with van der Waals surface area (Å²) in [5.74, 6) is 0. The highest BCUT2D eigenvalue weighted by molar-refractivity contribution is 7.89. The van der Waals surface area contributed by atoms with Crippen molar-refractivity contribution in [3.8, 4) is 0 Å². The van der Waals surface area contributed by atoms with Crippen LogP contribution in [0.1, 0.15) is 12.8 Å². The molecule has 1 fully saturated rings. The Balaban J connectivity index is 2.33. The number of primary sulfonamides is 1. The quantitative estimate of drug-likeness (QED) is 0.839. The molecule has 1 aromatic rings. The Bertz CT molecular complexity index is 516. The molecule has 5 nitrogen and oxygen atoms in total. The average Bonchev–Trinajstić information content (AvgIpc) is 2.38. The van der Waals surface area contributed by atoms with E-state index in [9.17, 15) is 8.42 Å². The topological polar surface area (TPSA) is 75.4 Å². The fraction of sp³-hybridized carbons (Fsp3) is 0.500. The molecule has 1 aromatic carbocycles. The zero-order valence-electron chi connectivity index (χ0n) is 10.5. The van der Waals surface area contributed by atoms with Crippen LogP contribution in [-0.2, 0) is 10.0 Å². The number of nitrogens with one attached hydrogen (secondary N) is 1. The maximum absolute atomic E-state index is 11.6. The Labute approximate surface area is 108 Å². The van der Waals surface area contributed by atoms with Gasteiger partial charge in [0.1, 0.15) is 4.90 Å². The second-order valence-electron chi connectivity index (χ2n) is 4.59. The van der Waals surface area contributed by atoms with Crippen LogP contribution in [0.3, 0.4) is 0 Å². The molecule has 2 rings (SSSR count). The van der Waals surface area contributed by atoms with Crippen LogP contribution in [0.4, 0.5) is 5.69 Å². The minimum absolute atomic E-state index is 0.210. The van der Waals surface area contributed by atoms with Crippen LogP contribution in [0.2, 0.25) is 0 Å². The number of rotatable bonds is 3. The molecule has 0 aromatic heterocycles. The van der Waals surface area contributed by atoms with E-state index in [2.05, 4.69) is 10.2 Å². The Hall–Kier alpha value is -1.11. The number of piperidine rings is 1. The van der Waals surface area contributed by atoms with Gasteiger partial charge in [0.05, 0.1) is 5.69 Å². The maximum Gasteiger partial charge on any atom is 0.240 e. The first kappa shape index (κ1) is 13.3. The van der Waals surface area contributed by atoms with Crippen LogP contribution in [0.25, 0.3) is 0 Å². The number of hydrogen-bond acceptors (Lipinski definition) is 4. The van der Waals surface area contributed by atoms with Gasteiger partial charge in [-0.05, 0) is 32.0 Å². The van der Waals surface area contributed by atoms with Crippen LogP contribution in [0, 0.1) is 0 Å². The number of sulfonamides is 1. The van der Waals surface area contributed by atoms with E-state index >= 15 is 0 Å². The van der Waals surface area contributed by atoms with Crippen molar-refractivity contribution in [2.24, 2.45) is 5.14 Å². The van der Waals surface area contributed by atoms with Gasteiger partial charge in [-0.15, -0.1) is 0 Å². The molecule has 1 unspecified atom stereocenters. The fourth-order valence-electron chi connectivity index (χ4n) is 2.39. The van der Waals surface area contributed by atoms with Crippen molar-refractivity contribution in [3.63, 3.8) is 0 Å².